The first kappa shape index (κ1) is 11.2. The van der Waals surface area contributed by atoms with Gasteiger partial charge < -0.3 is 5.73 Å². The van der Waals surface area contributed by atoms with Gasteiger partial charge in [0, 0.05) is 9.32 Å². The number of hydrogen-bond donors (Lipinski definition) is 1. The number of nitrogens with zero attached hydrogens (tertiary/aromatic N) is 2. The van der Waals surface area contributed by atoms with Gasteiger partial charge in [-0.3, -0.25) is 0 Å². The van der Waals surface area contributed by atoms with Crippen molar-refractivity contribution in [3.63, 3.8) is 0 Å². The largest absolute Gasteiger partial charge is 0.374 e. The number of hydrogen-bond acceptors (Lipinski definition) is 5. The van der Waals surface area contributed by atoms with Gasteiger partial charge in [-0.15, -0.1) is 10.2 Å². The summed E-state index contributed by atoms with van der Waals surface area (Å²) in [6.45, 7) is 0. The average molecular weight is 349 g/mol. The predicted octanol–water partition coefficient (Wildman–Crippen LogP) is 3.02. The topological polar surface area (TPSA) is 51.8 Å². The molecule has 0 amide bonds. The number of rotatable bonds is 3. The maximum atomic E-state index is 5.51. The first-order valence-electron chi connectivity index (χ1n) is 4.21. The molecular formula is C9H8IN3S2. The Kier molecular flexibility index (Phi) is 3.81. The number of halogens is 1. The Morgan fingerprint density at radius 1 is 1.33 bits per heavy atom. The van der Waals surface area contributed by atoms with Gasteiger partial charge in [-0.2, -0.15) is 0 Å². The lowest BCUT2D eigenvalue weighted by Crippen LogP contribution is -1.84. The van der Waals surface area contributed by atoms with Crippen LogP contribution < -0.4 is 5.73 Å². The normalized spacial score (nSPS) is 10.5. The van der Waals surface area contributed by atoms with Crippen molar-refractivity contribution in [2.45, 2.75) is 10.1 Å². The highest BCUT2D eigenvalue weighted by Crippen LogP contribution is 2.28. The van der Waals surface area contributed by atoms with Crippen molar-refractivity contribution in [2.75, 3.05) is 5.73 Å². The fourth-order valence-corrected chi connectivity index (χ4v) is 3.51. The molecule has 15 heavy (non-hydrogen) atoms. The van der Waals surface area contributed by atoms with Crippen LogP contribution in [-0.2, 0) is 5.75 Å². The molecule has 6 heteroatoms. The number of anilines is 1. The predicted molar refractivity (Wildman–Crippen MR) is 73.0 cm³/mol. The average Bonchev–Trinajstić information content (AvgIpc) is 2.63. The van der Waals surface area contributed by atoms with E-state index in [2.05, 4.69) is 44.9 Å². The van der Waals surface area contributed by atoms with Crippen molar-refractivity contribution in [1.29, 1.82) is 0 Å². The minimum Gasteiger partial charge on any atom is -0.374 e. The van der Waals surface area contributed by atoms with Gasteiger partial charge in [-0.05, 0) is 34.2 Å². The molecule has 0 bridgehead atoms. The molecule has 0 saturated heterocycles. The number of nitrogens with two attached hydrogens (primary N) is 1. The van der Waals surface area contributed by atoms with E-state index in [9.17, 15) is 0 Å². The van der Waals surface area contributed by atoms with E-state index in [4.69, 9.17) is 5.73 Å². The molecule has 0 aliphatic rings. The van der Waals surface area contributed by atoms with E-state index in [1.807, 2.05) is 12.1 Å². The highest BCUT2D eigenvalue weighted by Gasteiger charge is 2.04. The van der Waals surface area contributed by atoms with Crippen molar-refractivity contribution in [3.05, 3.63) is 33.4 Å². The molecule has 0 unspecified atom stereocenters. The minimum atomic E-state index is 0.528. The van der Waals surface area contributed by atoms with E-state index in [1.54, 1.807) is 11.8 Å². The lowest BCUT2D eigenvalue weighted by Gasteiger charge is -2.00. The Hall–Kier alpha value is -0.340. The molecule has 78 valence electrons. The SMILES string of the molecule is Nc1nnc(SCc2ccccc2I)s1. The molecule has 0 radical (unpaired) electrons. The zero-order chi connectivity index (χ0) is 10.7. The molecule has 2 N–H and O–H groups in total. The van der Waals surface area contributed by atoms with E-state index in [0.717, 1.165) is 10.1 Å². The standard InChI is InChI=1S/C9H8IN3S2/c10-7-4-2-1-3-6(7)5-14-9-13-12-8(11)15-9/h1-4H,5H2,(H2,11,12). The van der Waals surface area contributed by atoms with E-state index in [-0.39, 0.29) is 0 Å². The zero-order valence-corrected chi connectivity index (χ0v) is 11.5. The Labute approximate surface area is 110 Å². The van der Waals surface area contributed by atoms with Crippen LogP contribution in [-0.4, -0.2) is 10.2 Å². The number of thioether (sulfide) groups is 1. The highest BCUT2D eigenvalue weighted by molar-refractivity contribution is 14.1. The van der Waals surface area contributed by atoms with Crippen LogP contribution in [0.2, 0.25) is 0 Å². The molecule has 2 aromatic rings. The lowest BCUT2D eigenvalue weighted by molar-refractivity contribution is 1.02. The van der Waals surface area contributed by atoms with Crippen LogP contribution in [0, 0.1) is 3.57 Å². The van der Waals surface area contributed by atoms with Gasteiger partial charge in [0.05, 0.1) is 0 Å². The number of aromatic nitrogens is 2. The molecule has 0 atom stereocenters. The Balaban J connectivity index is 2.02. The van der Waals surface area contributed by atoms with Crippen molar-refractivity contribution in [1.82, 2.24) is 10.2 Å². The summed E-state index contributed by atoms with van der Waals surface area (Å²) in [5.41, 5.74) is 6.82. The van der Waals surface area contributed by atoms with E-state index in [0.29, 0.717) is 5.13 Å². The quantitative estimate of drug-likeness (QED) is 0.684. The summed E-state index contributed by atoms with van der Waals surface area (Å²) in [5, 5.41) is 8.27. The zero-order valence-electron chi connectivity index (χ0n) is 7.68. The van der Waals surface area contributed by atoms with Gasteiger partial charge in [-0.25, -0.2) is 0 Å². The van der Waals surface area contributed by atoms with E-state index in [1.165, 1.54) is 20.5 Å². The van der Waals surface area contributed by atoms with Gasteiger partial charge in [0.1, 0.15) is 0 Å². The fraction of sp³-hybridized carbons (Fsp3) is 0.111. The third-order valence-corrected chi connectivity index (χ3v) is 4.72. The van der Waals surface area contributed by atoms with Crippen LogP contribution in [0.1, 0.15) is 5.56 Å². The van der Waals surface area contributed by atoms with Crippen molar-refractivity contribution in [3.8, 4) is 0 Å². The van der Waals surface area contributed by atoms with Crippen LogP contribution in [0.3, 0.4) is 0 Å². The number of benzene rings is 1. The van der Waals surface area contributed by atoms with E-state index < -0.39 is 0 Å². The lowest BCUT2D eigenvalue weighted by atomic mass is 10.2. The molecule has 1 heterocycles. The Morgan fingerprint density at radius 3 is 2.80 bits per heavy atom. The van der Waals surface area contributed by atoms with Crippen molar-refractivity contribution in [2.24, 2.45) is 0 Å². The van der Waals surface area contributed by atoms with Crippen molar-refractivity contribution >= 4 is 50.8 Å². The molecule has 0 spiro atoms. The molecule has 3 nitrogen and oxygen atoms in total. The van der Waals surface area contributed by atoms with Gasteiger partial charge in [0.15, 0.2) is 4.34 Å². The van der Waals surface area contributed by atoms with Crippen LogP contribution in [0.25, 0.3) is 0 Å². The molecule has 0 aliphatic heterocycles. The molecule has 1 aromatic heterocycles. The number of nitrogen functional groups attached to an aromatic ring is 1. The summed E-state index contributed by atoms with van der Waals surface area (Å²) < 4.78 is 2.20. The summed E-state index contributed by atoms with van der Waals surface area (Å²) >= 11 is 5.44. The molecule has 0 aliphatic carbocycles. The highest BCUT2D eigenvalue weighted by atomic mass is 127. The second-order valence-corrected chi connectivity index (χ2v) is 6.18. The first-order chi connectivity index (χ1) is 7.25. The molecule has 0 saturated carbocycles. The summed E-state index contributed by atoms with van der Waals surface area (Å²) in [7, 11) is 0. The van der Waals surface area contributed by atoms with Crippen LogP contribution in [0.5, 0.6) is 0 Å². The molecule has 2 rings (SSSR count). The minimum absolute atomic E-state index is 0.528. The maximum absolute atomic E-state index is 5.51. The molecule has 1 aromatic carbocycles. The summed E-state index contributed by atoms with van der Waals surface area (Å²) in [6, 6.07) is 8.31. The first-order valence-corrected chi connectivity index (χ1v) is 7.09. The third-order valence-electron chi connectivity index (χ3n) is 1.73. The fourth-order valence-electron chi connectivity index (χ4n) is 1.03. The van der Waals surface area contributed by atoms with Crippen LogP contribution in [0.4, 0.5) is 5.13 Å². The van der Waals surface area contributed by atoms with Gasteiger partial charge in [-0.1, -0.05) is 41.3 Å². The Bertz CT molecular complexity index is 458. The second-order valence-electron chi connectivity index (χ2n) is 2.79. The monoisotopic (exact) mass is 349 g/mol. The summed E-state index contributed by atoms with van der Waals surface area (Å²) in [5.74, 6) is 0.910. The van der Waals surface area contributed by atoms with Crippen molar-refractivity contribution < 1.29 is 0 Å². The van der Waals surface area contributed by atoms with Crippen LogP contribution in [0.15, 0.2) is 28.6 Å². The van der Waals surface area contributed by atoms with Gasteiger partial charge >= 0.3 is 0 Å². The van der Waals surface area contributed by atoms with Gasteiger partial charge in [0.2, 0.25) is 5.13 Å². The smallest absolute Gasteiger partial charge is 0.203 e. The Morgan fingerprint density at radius 2 is 2.13 bits per heavy atom. The maximum Gasteiger partial charge on any atom is 0.203 e. The van der Waals surface area contributed by atoms with Crippen LogP contribution >= 0.6 is 45.7 Å². The third kappa shape index (κ3) is 3.05. The molecular weight excluding hydrogens is 341 g/mol. The van der Waals surface area contributed by atoms with Gasteiger partial charge in [0.25, 0.3) is 0 Å². The molecule has 0 fully saturated rings. The summed E-state index contributed by atoms with van der Waals surface area (Å²) in [4.78, 5) is 0. The van der Waals surface area contributed by atoms with E-state index >= 15 is 0 Å². The summed E-state index contributed by atoms with van der Waals surface area (Å²) in [6.07, 6.45) is 0. The second kappa shape index (κ2) is 5.13.